The number of anilines is 1. The van der Waals surface area contributed by atoms with Gasteiger partial charge in [-0.05, 0) is 62.1 Å². The highest BCUT2D eigenvalue weighted by Gasteiger charge is 2.27. The van der Waals surface area contributed by atoms with Gasteiger partial charge in [0, 0.05) is 43.5 Å². The molecule has 1 amide bonds. The number of hydrogen-bond donors (Lipinski definition) is 1. The number of alkyl halides is 1. The molecule has 3 heterocycles. The van der Waals surface area contributed by atoms with Crippen molar-refractivity contribution in [2.24, 2.45) is 5.73 Å². The zero-order chi connectivity index (χ0) is 24.7. The third-order valence-electron chi connectivity index (χ3n) is 6.80. The highest BCUT2D eigenvalue weighted by Crippen LogP contribution is 2.30. The SMILES string of the molecule is Cc1ccc(-c2cc(C(=O)N3CCC[C@@H](N)C3)nn2-c2ccc(N3CC[C@H](F)C3)cc2F)cc1F. The molecule has 0 saturated carbocycles. The minimum Gasteiger partial charge on any atom is -0.368 e. The largest absolute Gasteiger partial charge is 0.368 e. The Morgan fingerprint density at radius 2 is 1.86 bits per heavy atom. The second kappa shape index (κ2) is 9.37. The van der Waals surface area contributed by atoms with Crippen LogP contribution in [0.4, 0.5) is 18.9 Å². The molecule has 0 aliphatic carbocycles. The maximum Gasteiger partial charge on any atom is 0.274 e. The van der Waals surface area contributed by atoms with E-state index in [-0.39, 0.29) is 29.9 Å². The summed E-state index contributed by atoms with van der Waals surface area (Å²) < 4.78 is 44.8. The molecule has 2 aliphatic rings. The number of carbonyl (C=O) groups is 1. The number of hydrogen-bond acceptors (Lipinski definition) is 4. The molecule has 5 rings (SSSR count). The van der Waals surface area contributed by atoms with E-state index in [2.05, 4.69) is 5.10 Å². The van der Waals surface area contributed by atoms with Crippen molar-refractivity contribution in [3.8, 4) is 16.9 Å². The number of aryl methyl sites for hydroxylation is 1. The van der Waals surface area contributed by atoms with E-state index in [0.29, 0.717) is 48.6 Å². The third-order valence-corrected chi connectivity index (χ3v) is 6.80. The minimum atomic E-state index is -0.927. The van der Waals surface area contributed by atoms with Crippen molar-refractivity contribution in [2.75, 3.05) is 31.1 Å². The fourth-order valence-corrected chi connectivity index (χ4v) is 4.80. The zero-order valence-electron chi connectivity index (χ0n) is 19.6. The van der Waals surface area contributed by atoms with Crippen molar-refractivity contribution < 1.29 is 18.0 Å². The molecule has 1 aromatic heterocycles. The Morgan fingerprint density at radius 3 is 2.54 bits per heavy atom. The number of nitrogens with zero attached hydrogens (tertiary/aromatic N) is 4. The molecular weight excluding hydrogens is 455 g/mol. The Kier molecular flexibility index (Phi) is 6.27. The van der Waals surface area contributed by atoms with Crippen LogP contribution >= 0.6 is 0 Å². The summed E-state index contributed by atoms with van der Waals surface area (Å²) in [4.78, 5) is 16.7. The van der Waals surface area contributed by atoms with Gasteiger partial charge in [-0.25, -0.2) is 17.9 Å². The summed E-state index contributed by atoms with van der Waals surface area (Å²) in [5.41, 5.74) is 8.23. The van der Waals surface area contributed by atoms with E-state index in [9.17, 15) is 13.6 Å². The normalized spacial score (nSPS) is 20.5. The lowest BCUT2D eigenvalue weighted by atomic mass is 10.1. The molecule has 2 atom stereocenters. The molecule has 2 aliphatic heterocycles. The molecule has 2 aromatic carbocycles. The van der Waals surface area contributed by atoms with E-state index in [4.69, 9.17) is 5.73 Å². The molecule has 6 nitrogen and oxygen atoms in total. The molecule has 2 fully saturated rings. The second-order valence-corrected chi connectivity index (χ2v) is 9.41. The highest BCUT2D eigenvalue weighted by atomic mass is 19.1. The van der Waals surface area contributed by atoms with Gasteiger partial charge in [-0.1, -0.05) is 12.1 Å². The van der Waals surface area contributed by atoms with Gasteiger partial charge in [-0.2, -0.15) is 5.10 Å². The second-order valence-electron chi connectivity index (χ2n) is 9.41. The van der Waals surface area contributed by atoms with Crippen LogP contribution < -0.4 is 10.6 Å². The Morgan fingerprint density at radius 1 is 1.03 bits per heavy atom. The first kappa shape index (κ1) is 23.4. The molecule has 2 saturated heterocycles. The van der Waals surface area contributed by atoms with Gasteiger partial charge in [0.05, 0.1) is 5.69 Å². The smallest absolute Gasteiger partial charge is 0.274 e. The molecule has 0 unspecified atom stereocenters. The number of likely N-dealkylation sites (tertiary alicyclic amines) is 1. The van der Waals surface area contributed by atoms with Crippen molar-refractivity contribution in [3.63, 3.8) is 0 Å². The lowest BCUT2D eigenvalue weighted by Crippen LogP contribution is -2.45. The van der Waals surface area contributed by atoms with E-state index >= 15 is 4.39 Å². The fourth-order valence-electron chi connectivity index (χ4n) is 4.80. The number of halogens is 3. The van der Waals surface area contributed by atoms with Crippen LogP contribution in [0.2, 0.25) is 0 Å². The maximum atomic E-state index is 15.4. The van der Waals surface area contributed by atoms with E-state index in [0.717, 1.165) is 12.8 Å². The monoisotopic (exact) mass is 483 g/mol. The number of benzene rings is 2. The quantitative estimate of drug-likeness (QED) is 0.603. The zero-order valence-corrected chi connectivity index (χ0v) is 19.6. The highest BCUT2D eigenvalue weighted by molar-refractivity contribution is 5.93. The number of aromatic nitrogens is 2. The van der Waals surface area contributed by atoms with Crippen LogP contribution in [0.5, 0.6) is 0 Å². The third kappa shape index (κ3) is 4.65. The number of rotatable bonds is 4. The number of nitrogens with two attached hydrogens (primary N) is 1. The van der Waals surface area contributed by atoms with Gasteiger partial charge < -0.3 is 15.5 Å². The van der Waals surface area contributed by atoms with Gasteiger partial charge in [0.15, 0.2) is 11.5 Å². The van der Waals surface area contributed by atoms with Gasteiger partial charge in [-0.3, -0.25) is 4.79 Å². The van der Waals surface area contributed by atoms with Crippen molar-refractivity contribution in [1.29, 1.82) is 0 Å². The van der Waals surface area contributed by atoms with Gasteiger partial charge in [0.25, 0.3) is 5.91 Å². The van der Waals surface area contributed by atoms with E-state index in [1.54, 1.807) is 47.1 Å². The van der Waals surface area contributed by atoms with E-state index in [1.807, 2.05) is 0 Å². The predicted molar refractivity (Wildman–Crippen MR) is 128 cm³/mol. The van der Waals surface area contributed by atoms with Crippen LogP contribution in [-0.2, 0) is 0 Å². The molecule has 35 heavy (non-hydrogen) atoms. The molecule has 3 aromatic rings. The first-order valence-corrected chi connectivity index (χ1v) is 11.9. The van der Waals surface area contributed by atoms with E-state index in [1.165, 1.54) is 16.8 Å². The molecule has 0 bridgehead atoms. The van der Waals surface area contributed by atoms with Crippen molar-refractivity contribution in [2.45, 2.75) is 38.4 Å². The Hall–Kier alpha value is -3.33. The Bertz CT molecular complexity index is 1260. The van der Waals surface area contributed by atoms with Gasteiger partial charge in [0.2, 0.25) is 0 Å². The lowest BCUT2D eigenvalue weighted by molar-refractivity contribution is 0.0702. The topological polar surface area (TPSA) is 67.4 Å². The van der Waals surface area contributed by atoms with Crippen LogP contribution in [0, 0.1) is 18.6 Å². The molecule has 0 spiro atoms. The first-order chi connectivity index (χ1) is 16.8. The number of piperidine rings is 1. The standard InChI is InChI=1S/C26H28F3N5O/c1-16-4-5-17(11-21(16)28)25-13-23(26(35)33-9-2-3-19(30)15-33)31-34(25)24-7-6-20(12-22(24)29)32-10-8-18(27)14-32/h4-7,11-13,18-19H,2-3,8-10,14-15,30H2,1H3/t18-,19+/m0/s1. The minimum absolute atomic E-state index is 0.0973. The van der Waals surface area contributed by atoms with Crippen LogP contribution in [-0.4, -0.2) is 59.0 Å². The summed E-state index contributed by atoms with van der Waals surface area (Å²) in [5.74, 6) is -1.27. The average molecular weight is 484 g/mol. The Labute approximate surface area is 202 Å². The number of carbonyl (C=O) groups excluding carboxylic acids is 1. The predicted octanol–water partition coefficient (Wildman–Crippen LogP) is 4.24. The summed E-state index contributed by atoms with van der Waals surface area (Å²) in [6.45, 7) is 3.40. The van der Waals surface area contributed by atoms with Crippen LogP contribution in [0.15, 0.2) is 42.5 Å². The molecule has 184 valence electrons. The van der Waals surface area contributed by atoms with Crippen molar-refractivity contribution >= 4 is 11.6 Å². The average Bonchev–Trinajstić information content (AvgIpc) is 3.47. The van der Waals surface area contributed by atoms with Gasteiger partial charge >= 0.3 is 0 Å². The summed E-state index contributed by atoms with van der Waals surface area (Å²) in [6, 6.07) is 10.8. The maximum absolute atomic E-state index is 15.4. The Balaban J connectivity index is 1.56. The van der Waals surface area contributed by atoms with Crippen LogP contribution in [0.3, 0.4) is 0 Å². The van der Waals surface area contributed by atoms with Crippen molar-refractivity contribution in [1.82, 2.24) is 14.7 Å². The van der Waals surface area contributed by atoms with Gasteiger partial charge in [-0.15, -0.1) is 0 Å². The molecule has 0 radical (unpaired) electrons. The molecular formula is C26H28F3N5O. The van der Waals surface area contributed by atoms with Crippen LogP contribution in [0.25, 0.3) is 16.9 Å². The number of amides is 1. The summed E-state index contributed by atoms with van der Waals surface area (Å²) in [6.07, 6.45) is 1.14. The first-order valence-electron chi connectivity index (χ1n) is 11.9. The van der Waals surface area contributed by atoms with Gasteiger partial charge in [0.1, 0.15) is 17.7 Å². The van der Waals surface area contributed by atoms with Crippen molar-refractivity contribution in [3.05, 3.63) is 65.4 Å². The lowest BCUT2D eigenvalue weighted by Gasteiger charge is -2.30. The van der Waals surface area contributed by atoms with Crippen LogP contribution in [0.1, 0.15) is 35.3 Å². The fraction of sp³-hybridized carbons (Fsp3) is 0.385. The summed E-state index contributed by atoms with van der Waals surface area (Å²) in [5, 5.41) is 4.46. The summed E-state index contributed by atoms with van der Waals surface area (Å²) >= 11 is 0. The van der Waals surface area contributed by atoms with E-state index < -0.39 is 17.8 Å². The molecule has 9 heteroatoms. The summed E-state index contributed by atoms with van der Waals surface area (Å²) in [7, 11) is 0. The molecule has 2 N–H and O–H groups in total.